The molecule has 2 N–H and O–H groups in total. The highest BCUT2D eigenvalue weighted by atomic mass is 16.5. The zero-order chi connectivity index (χ0) is 15.4. The Morgan fingerprint density at radius 2 is 2.10 bits per heavy atom. The van der Waals surface area contributed by atoms with E-state index >= 15 is 0 Å². The van der Waals surface area contributed by atoms with E-state index in [1.807, 2.05) is 12.1 Å². The van der Waals surface area contributed by atoms with E-state index in [2.05, 4.69) is 5.32 Å². The molecule has 7 nitrogen and oxygen atoms in total. The Morgan fingerprint density at radius 1 is 1.38 bits per heavy atom. The summed E-state index contributed by atoms with van der Waals surface area (Å²) in [7, 11) is 3.11. The van der Waals surface area contributed by atoms with Gasteiger partial charge in [-0.1, -0.05) is 6.07 Å². The van der Waals surface area contributed by atoms with Crippen molar-refractivity contribution in [2.75, 3.05) is 20.8 Å². The molecule has 0 spiro atoms. The van der Waals surface area contributed by atoms with Gasteiger partial charge in [-0.3, -0.25) is 4.79 Å². The fourth-order valence-corrected chi connectivity index (χ4v) is 2.38. The molecule has 0 saturated carbocycles. The summed E-state index contributed by atoms with van der Waals surface area (Å²) in [6.45, 7) is 0.940. The molecular weight excluding hydrogens is 276 g/mol. The Balaban J connectivity index is 2.05. The molecule has 1 aromatic carbocycles. The Morgan fingerprint density at radius 3 is 2.71 bits per heavy atom. The second-order valence-corrected chi connectivity index (χ2v) is 4.74. The van der Waals surface area contributed by atoms with Gasteiger partial charge < -0.3 is 24.8 Å². The predicted molar refractivity (Wildman–Crippen MR) is 74.5 cm³/mol. The van der Waals surface area contributed by atoms with Gasteiger partial charge in [0.05, 0.1) is 14.2 Å². The first-order valence-electron chi connectivity index (χ1n) is 6.54. The maximum absolute atomic E-state index is 12.1. The highest BCUT2D eigenvalue weighted by Crippen LogP contribution is 2.28. The summed E-state index contributed by atoms with van der Waals surface area (Å²) >= 11 is 0. The summed E-state index contributed by atoms with van der Waals surface area (Å²) in [5.74, 6) is 1.02. The maximum atomic E-state index is 12.1. The topological polar surface area (TPSA) is 88.1 Å². The molecule has 2 rings (SSSR count). The number of carbonyl (C=O) groups is 2. The van der Waals surface area contributed by atoms with E-state index in [0.29, 0.717) is 31.0 Å². The monoisotopic (exact) mass is 294 g/mol. The molecule has 1 unspecified atom stereocenters. The number of hydrogen-bond acceptors (Lipinski definition) is 4. The molecule has 0 aliphatic carbocycles. The number of benzene rings is 1. The maximum Gasteiger partial charge on any atom is 0.405 e. The largest absolute Gasteiger partial charge is 0.493 e. The quantitative estimate of drug-likeness (QED) is 0.848. The highest BCUT2D eigenvalue weighted by Gasteiger charge is 2.32. The zero-order valence-corrected chi connectivity index (χ0v) is 12.0. The first kappa shape index (κ1) is 15.0. The van der Waals surface area contributed by atoms with Gasteiger partial charge in [-0.2, -0.15) is 0 Å². The van der Waals surface area contributed by atoms with Crippen LogP contribution < -0.4 is 14.8 Å². The van der Waals surface area contributed by atoms with E-state index in [1.54, 1.807) is 25.2 Å². The molecule has 0 bridgehead atoms. The molecule has 7 heteroatoms. The molecule has 0 aromatic heterocycles. The molecule has 1 fully saturated rings. The fraction of sp³-hybridized carbons (Fsp3) is 0.429. The summed E-state index contributed by atoms with van der Waals surface area (Å²) in [5, 5.41) is 10.9. The van der Waals surface area contributed by atoms with Crippen molar-refractivity contribution >= 4 is 12.0 Å². The Bertz CT molecular complexity index is 546. The smallest absolute Gasteiger partial charge is 0.405 e. The van der Waals surface area contributed by atoms with E-state index in [9.17, 15) is 9.59 Å². The molecule has 2 amide bonds. The van der Waals surface area contributed by atoms with Crippen LogP contribution in [0, 0.1) is 0 Å². The third-order valence-corrected chi connectivity index (χ3v) is 3.42. The number of hydrogen-bond donors (Lipinski definition) is 2. The average Bonchev–Trinajstić information content (AvgIpc) is 2.79. The SMILES string of the molecule is COc1ccc(CN2CCC(NC(=O)O)C2=O)cc1OC. The molecule has 1 saturated heterocycles. The van der Waals surface area contributed by atoms with Gasteiger partial charge in [-0.05, 0) is 24.1 Å². The van der Waals surface area contributed by atoms with Gasteiger partial charge in [0, 0.05) is 13.1 Å². The van der Waals surface area contributed by atoms with Crippen molar-refractivity contribution in [3.63, 3.8) is 0 Å². The number of rotatable bonds is 5. The minimum atomic E-state index is -1.18. The van der Waals surface area contributed by atoms with Crippen molar-refractivity contribution in [1.82, 2.24) is 10.2 Å². The van der Waals surface area contributed by atoms with Crippen LogP contribution in [-0.2, 0) is 11.3 Å². The average molecular weight is 294 g/mol. The van der Waals surface area contributed by atoms with Gasteiger partial charge in [0.2, 0.25) is 5.91 Å². The molecule has 1 aliphatic rings. The van der Waals surface area contributed by atoms with Crippen LogP contribution in [-0.4, -0.2) is 48.8 Å². The van der Waals surface area contributed by atoms with Gasteiger partial charge in [0.25, 0.3) is 0 Å². The Kier molecular flexibility index (Phi) is 4.52. The van der Waals surface area contributed by atoms with Gasteiger partial charge in [-0.15, -0.1) is 0 Å². The molecular formula is C14H18N2O5. The van der Waals surface area contributed by atoms with Crippen molar-refractivity contribution in [3.8, 4) is 11.5 Å². The van der Waals surface area contributed by atoms with E-state index in [0.717, 1.165) is 5.56 Å². The molecule has 21 heavy (non-hydrogen) atoms. The van der Waals surface area contributed by atoms with Crippen molar-refractivity contribution in [3.05, 3.63) is 23.8 Å². The number of methoxy groups -OCH3 is 2. The lowest BCUT2D eigenvalue weighted by Gasteiger charge is -2.17. The minimum absolute atomic E-state index is 0.202. The molecule has 0 radical (unpaired) electrons. The van der Waals surface area contributed by atoms with E-state index in [-0.39, 0.29) is 5.91 Å². The number of amides is 2. The number of carboxylic acid groups (broad SMARTS) is 1. The van der Waals surface area contributed by atoms with Crippen LogP contribution in [0.5, 0.6) is 11.5 Å². The number of nitrogens with zero attached hydrogens (tertiary/aromatic N) is 1. The summed E-state index contributed by atoms with van der Waals surface area (Å²) in [6.07, 6.45) is -0.695. The van der Waals surface area contributed by atoms with Crippen LogP contribution in [0.1, 0.15) is 12.0 Å². The number of carbonyl (C=O) groups excluding carboxylic acids is 1. The molecule has 1 aromatic rings. The van der Waals surface area contributed by atoms with Crippen molar-refractivity contribution in [2.24, 2.45) is 0 Å². The molecule has 1 aliphatic heterocycles. The van der Waals surface area contributed by atoms with E-state index in [4.69, 9.17) is 14.6 Å². The van der Waals surface area contributed by atoms with Gasteiger partial charge >= 0.3 is 6.09 Å². The lowest BCUT2D eigenvalue weighted by molar-refractivity contribution is -0.129. The number of ether oxygens (including phenoxy) is 2. The fourth-order valence-electron chi connectivity index (χ4n) is 2.38. The lowest BCUT2D eigenvalue weighted by atomic mass is 10.2. The summed E-state index contributed by atoms with van der Waals surface area (Å²) < 4.78 is 10.4. The summed E-state index contributed by atoms with van der Waals surface area (Å²) in [4.78, 5) is 24.3. The van der Waals surface area contributed by atoms with Crippen LogP contribution in [0.15, 0.2) is 18.2 Å². The standard InChI is InChI=1S/C14H18N2O5/c1-20-11-4-3-9(7-12(11)21-2)8-16-6-5-10(13(16)17)15-14(18)19/h3-4,7,10,15H,5-6,8H2,1-2H3,(H,18,19). The minimum Gasteiger partial charge on any atom is -0.493 e. The Labute approximate surface area is 122 Å². The lowest BCUT2D eigenvalue weighted by Crippen LogP contribution is -2.40. The molecule has 1 heterocycles. The van der Waals surface area contributed by atoms with Crippen LogP contribution in [0.2, 0.25) is 0 Å². The number of nitrogens with one attached hydrogen (secondary N) is 1. The number of likely N-dealkylation sites (tertiary alicyclic amines) is 1. The third kappa shape index (κ3) is 3.36. The van der Waals surface area contributed by atoms with Gasteiger partial charge in [0.15, 0.2) is 11.5 Å². The zero-order valence-electron chi connectivity index (χ0n) is 12.0. The van der Waals surface area contributed by atoms with E-state index in [1.165, 1.54) is 0 Å². The van der Waals surface area contributed by atoms with Crippen molar-refractivity contribution in [2.45, 2.75) is 19.0 Å². The van der Waals surface area contributed by atoms with Crippen molar-refractivity contribution < 1.29 is 24.2 Å². The second kappa shape index (κ2) is 6.34. The van der Waals surface area contributed by atoms with Gasteiger partial charge in [-0.25, -0.2) is 4.79 Å². The first-order valence-corrected chi connectivity index (χ1v) is 6.54. The normalized spacial score (nSPS) is 17.7. The summed E-state index contributed by atoms with van der Waals surface area (Å²) in [6, 6.07) is 4.79. The molecule has 114 valence electrons. The third-order valence-electron chi connectivity index (χ3n) is 3.42. The van der Waals surface area contributed by atoms with Gasteiger partial charge in [0.1, 0.15) is 6.04 Å². The highest BCUT2D eigenvalue weighted by molar-refractivity contribution is 5.87. The van der Waals surface area contributed by atoms with Crippen molar-refractivity contribution in [1.29, 1.82) is 0 Å². The van der Waals surface area contributed by atoms with Crippen LogP contribution in [0.25, 0.3) is 0 Å². The van der Waals surface area contributed by atoms with E-state index < -0.39 is 12.1 Å². The first-order chi connectivity index (χ1) is 10.0. The predicted octanol–water partition coefficient (Wildman–Crippen LogP) is 1.07. The van der Waals surface area contributed by atoms with Crippen LogP contribution in [0.3, 0.4) is 0 Å². The summed E-state index contributed by atoms with van der Waals surface area (Å²) in [5.41, 5.74) is 0.900. The van der Waals surface area contributed by atoms with Crippen LogP contribution >= 0.6 is 0 Å². The second-order valence-electron chi connectivity index (χ2n) is 4.74. The Hall–Kier alpha value is -2.44. The van der Waals surface area contributed by atoms with Crippen LogP contribution in [0.4, 0.5) is 4.79 Å². The molecule has 1 atom stereocenters.